The minimum absolute atomic E-state index is 0.624. The van der Waals surface area contributed by atoms with Gasteiger partial charge in [0, 0.05) is 17.5 Å². The zero-order valence-electron chi connectivity index (χ0n) is 11.8. The Morgan fingerprint density at radius 2 is 2.16 bits per heavy atom. The highest BCUT2D eigenvalue weighted by atomic mass is 16.5. The van der Waals surface area contributed by atoms with E-state index in [0.29, 0.717) is 5.92 Å². The van der Waals surface area contributed by atoms with Crippen LogP contribution in [0.4, 0.5) is 0 Å². The van der Waals surface area contributed by atoms with Gasteiger partial charge in [-0.3, -0.25) is 0 Å². The van der Waals surface area contributed by atoms with Crippen molar-refractivity contribution in [2.45, 2.75) is 50.0 Å². The zero-order valence-corrected chi connectivity index (χ0v) is 11.8. The van der Waals surface area contributed by atoms with E-state index in [2.05, 4.69) is 30.1 Å². The van der Waals surface area contributed by atoms with E-state index in [-0.39, 0.29) is 0 Å². The molecule has 0 spiro atoms. The highest BCUT2D eigenvalue weighted by Gasteiger charge is 2.32. The molecule has 0 aromatic heterocycles. The van der Waals surface area contributed by atoms with Crippen molar-refractivity contribution in [2.75, 3.05) is 20.2 Å². The summed E-state index contributed by atoms with van der Waals surface area (Å²) >= 11 is 0. The van der Waals surface area contributed by atoms with Crippen LogP contribution < -0.4 is 4.74 Å². The quantitative estimate of drug-likeness (QED) is 0.821. The van der Waals surface area contributed by atoms with Crippen LogP contribution >= 0.6 is 0 Å². The lowest BCUT2D eigenvalue weighted by molar-refractivity contribution is 0.257. The maximum Gasteiger partial charge on any atom is 0.122 e. The molecule has 2 nitrogen and oxygen atoms in total. The van der Waals surface area contributed by atoms with E-state index in [1.165, 1.54) is 44.2 Å². The average molecular weight is 257 g/mol. The molecular formula is C17H23NO. The van der Waals surface area contributed by atoms with Crippen LogP contribution in [0.5, 0.6) is 5.75 Å². The van der Waals surface area contributed by atoms with Crippen molar-refractivity contribution in [1.82, 2.24) is 4.90 Å². The van der Waals surface area contributed by atoms with Gasteiger partial charge in [0.15, 0.2) is 0 Å². The fourth-order valence-corrected chi connectivity index (χ4v) is 3.77. The van der Waals surface area contributed by atoms with Crippen molar-refractivity contribution in [2.24, 2.45) is 0 Å². The van der Waals surface area contributed by atoms with Gasteiger partial charge in [0.1, 0.15) is 5.75 Å². The SMILES string of the molecule is CN1CCC[C@@H]1C[C@@H]1COc2ccc(C3CC3)cc21. The minimum atomic E-state index is 0.624. The van der Waals surface area contributed by atoms with Crippen LogP contribution in [0, 0.1) is 0 Å². The number of hydrogen-bond acceptors (Lipinski definition) is 2. The number of rotatable bonds is 3. The number of hydrogen-bond donors (Lipinski definition) is 0. The molecule has 0 N–H and O–H groups in total. The molecule has 4 rings (SSSR count). The van der Waals surface area contributed by atoms with Gasteiger partial charge in [0.25, 0.3) is 0 Å². The molecule has 1 aliphatic carbocycles. The molecule has 2 heteroatoms. The smallest absolute Gasteiger partial charge is 0.122 e. The molecule has 19 heavy (non-hydrogen) atoms. The van der Waals surface area contributed by atoms with Crippen LogP contribution in [0.25, 0.3) is 0 Å². The molecular weight excluding hydrogens is 234 g/mol. The van der Waals surface area contributed by atoms with Gasteiger partial charge in [0.05, 0.1) is 6.61 Å². The molecule has 1 saturated carbocycles. The van der Waals surface area contributed by atoms with Gasteiger partial charge in [-0.15, -0.1) is 0 Å². The maximum atomic E-state index is 5.89. The monoisotopic (exact) mass is 257 g/mol. The van der Waals surface area contributed by atoms with Crippen LogP contribution in [0.1, 0.15) is 55.1 Å². The molecule has 1 saturated heterocycles. The maximum absolute atomic E-state index is 5.89. The summed E-state index contributed by atoms with van der Waals surface area (Å²) < 4.78 is 5.89. The van der Waals surface area contributed by atoms with E-state index in [4.69, 9.17) is 4.74 Å². The second kappa shape index (κ2) is 4.52. The zero-order chi connectivity index (χ0) is 12.8. The number of likely N-dealkylation sites (tertiary alicyclic amines) is 1. The molecule has 102 valence electrons. The molecule has 2 atom stereocenters. The Morgan fingerprint density at radius 3 is 2.89 bits per heavy atom. The molecule has 1 aromatic carbocycles. The normalized spacial score (nSPS) is 30.4. The first kappa shape index (κ1) is 11.8. The third kappa shape index (κ3) is 2.16. The highest BCUT2D eigenvalue weighted by Crippen LogP contribution is 2.45. The van der Waals surface area contributed by atoms with Crippen LogP contribution in [-0.4, -0.2) is 31.1 Å². The molecule has 3 aliphatic rings. The Bertz CT molecular complexity index is 480. The van der Waals surface area contributed by atoms with Crippen molar-refractivity contribution < 1.29 is 4.74 Å². The Hall–Kier alpha value is -1.02. The van der Waals surface area contributed by atoms with Gasteiger partial charge in [0.2, 0.25) is 0 Å². The van der Waals surface area contributed by atoms with Gasteiger partial charge in [-0.1, -0.05) is 12.1 Å². The molecule has 0 amide bonds. The third-order valence-corrected chi connectivity index (χ3v) is 5.19. The van der Waals surface area contributed by atoms with Crippen molar-refractivity contribution in [3.05, 3.63) is 29.3 Å². The second-order valence-corrected chi connectivity index (χ2v) is 6.59. The lowest BCUT2D eigenvalue weighted by Gasteiger charge is -2.22. The predicted molar refractivity (Wildman–Crippen MR) is 76.9 cm³/mol. The standard InChI is InChI=1S/C17H23NO/c1-18-8-2-3-15(18)9-14-11-19-17-7-6-13(10-16(14)17)12-4-5-12/h6-7,10,12,14-15H,2-5,8-9,11H2,1H3/t14-,15-/m1/s1. The van der Waals surface area contributed by atoms with Crippen molar-refractivity contribution >= 4 is 0 Å². The van der Waals surface area contributed by atoms with Gasteiger partial charge < -0.3 is 9.64 Å². The van der Waals surface area contributed by atoms with Crippen molar-refractivity contribution in [3.63, 3.8) is 0 Å². The Labute approximate surface area is 115 Å². The molecule has 0 bridgehead atoms. The third-order valence-electron chi connectivity index (χ3n) is 5.19. The first-order valence-corrected chi connectivity index (χ1v) is 7.78. The lowest BCUT2D eigenvalue weighted by Crippen LogP contribution is -2.27. The highest BCUT2D eigenvalue weighted by molar-refractivity contribution is 5.44. The van der Waals surface area contributed by atoms with Crippen molar-refractivity contribution in [1.29, 1.82) is 0 Å². The Kier molecular flexibility index (Phi) is 2.80. The van der Waals surface area contributed by atoms with Gasteiger partial charge >= 0.3 is 0 Å². The number of nitrogens with zero attached hydrogens (tertiary/aromatic N) is 1. The van der Waals surface area contributed by atoms with Gasteiger partial charge in [-0.05, 0) is 63.2 Å². The summed E-state index contributed by atoms with van der Waals surface area (Å²) in [7, 11) is 2.27. The van der Waals surface area contributed by atoms with Crippen molar-refractivity contribution in [3.8, 4) is 5.75 Å². The molecule has 0 unspecified atom stereocenters. The van der Waals surface area contributed by atoms with E-state index < -0.39 is 0 Å². The molecule has 0 radical (unpaired) electrons. The number of benzene rings is 1. The molecule has 2 aliphatic heterocycles. The summed E-state index contributed by atoms with van der Waals surface area (Å²) in [6.07, 6.45) is 6.78. The number of fused-ring (bicyclic) bond motifs is 1. The summed E-state index contributed by atoms with van der Waals surface area (Å²) in [4.78, 5) is 2.53. The summed E-state index contributed by atoms with van der Waals surface area (Å²) in [5, 5.41) is 0. The van der Waals surface area contributed by atoms with Crippen LogP contribution in [0.2, 0.25) is 0 Å². The van der Waals surface area contributed by atoms with E-state index in [1.807, 2.05) is 0 Å². The first-order valence-electron chi connectivity index (χ1n) is 7.78. The van der Waals surface area contributed by atoms with Gasteiger partial charge in [-0.2, -0.15) is 0 Å². The second-order valence-electron chi connectivity index (χ2n) is 6.59. The summed E-state index contributed by atoms with van der Waals surface area (Å²) in [6.45, 7) is 2.17. The largest absolute Gasteiger partial charge is 0.493 e. The Balaban J connectivity index is 1.55. The number of ether oxygens (including phenoxy) is 1. The Morgan fingerprint density at radius 1 is 1.26 bits per heavy atom. The van der Waals surface area contributed by atoms with E-state index >= 15 is 0 Å². The predicted octanol–water partition coefficient (Wildman–Crippen LogP) is 3.52. The van der Waals surface area contributed by atoms with Crippen LogP contribution in [-0.2, 0) is 0 Å². The van der Waals surface area contributed by atoms with E-state index in [0.717, 1.165) is 24.3 Å². The van der Waals surface area contributed by atoms with Crippen LogP contribution in [0.15, 0.2) is 18.2 Å². The fraction of sp³-hybridized carbons (Fsp3) is 0.647. The first-order chi connectivity index (χ1) is 9.31. The topological polar surface area (TPSA) is 12.5 Å². The summed E-state index contributed by atoms with van der Waals surface area (Å²) in [5.41, 5.74) is 3.04. The van der Waals surface area contributed by atoms with E-state index in [9.17, 15) is 0 Å². The van der Waals surface area contributed by atoms with Gasteiger partial charge in [-0.25, -0.2) is 0 Å². The molecule has 2 fully saturated rings. The summed E-state index contributed by atoms with van der Waals surface area (Å²) in [6, 6.07) is 7.70. The lowest BCUT2D eigenvalue weighted by atomic mass is 9.91. The average Bonchev–Trinajstić information content (AvgIpc) is 3.09. The molecule has 2 heterocycles. The minimum Gasteiger partial charge on any atom is -0.493 e. The van der Waals surface area contributed by atoms with Crippen LogP contribution in [0.3, 0.4) is 0 Å². The molecule has 1 aromatic rings. The summed E-state index contributed by atoms with van der Waals surface area (Å²) in [5.74, 6) is 2.62. The van der Waals surface area contributed by atoms with E-state index in [1.54, 1.807) is 5.56 Å². The fourth-order valence-electron chi connectivity index (χ4n) is 3.77.